The normalized spacial score (nSPS) is 17.7. The molecule has 1 atom stereocenters. The van der Waals surface area contributed by atoms with E-state index in [1.165, 1.54) is 11.3 Å². The predicted molar refractivity (Wildman–Crippen MR) is 81.3 cm³/mol. The number of carbonyl (C=O) groups is 2. The molecular weight excluding hydrogens is 308 g/mol. The van der Waals surface area contributed by atoms with Crippen molar-refractivity contribution < 1.29 is 24.5 Å². The molecule has 122 valence electrons. The van der Waals surface area contributed by atoms with Gasteiger partial charge in [0.15, 0.2) is 11.2 Å². The summed E-state index contributed by atoms with van der Waals surface area (Å²) in [6.45, 7) is 7.01. The van der Waals surface area contributed by atoms with Crippen LogP contribution in [-0.4, -0.2) is 39.0 Å². The molecule has 0 spiro atoms. The van der Waals surface area contributed by atoms with Crippen molar-refractivity contribution in [3.05, 3.63) is 10.6 Å². The van der Waals surface area contributed by atoms with Gasteiger partial charge in [-0.25, -0.2) is 14.6 Å². The fourth-order valence-electron chi connectivity index (χ4n) is 2.30. The molecule has 1 aliphatic carbocycles. The molecule has 2 rings (SSSR count). The number of aliphatic carboxylic acids is 1. The number of hydrogen-bond donors (Lipinski definition) is 3. The molecule has 0 radical (unpaired) electrons. The van der Waals surface area contributed by atoms with Crippen LogP contribution in [0, 0.1) is 6.92 Å². The van der Waals surface area contributed by atoms with Crippen molar-refractivity contribution in [2.45, 2.75) is 57.7 Å². The van der Waals surface area contributed by atoms with Crippen molar-refractivity contribution in [2.75, 3.05) is 5.32 Å². The van der Waals surface area contributed by atoms with Gasteiger partial charge in [-0.05, 0) is 40.5 Å². The molecule has 22 heavy (non-hydrogen) atoms. The summed E-state index contributed by atoms with van der Waals surface area (Å²) in [6, 6.07) is 0. The number of carboxylic acid groups (broad SMARTS) is 1. The lowest BCUT2D eigenvalue weighted by Crippen LogP contribution is -2.33. The summed E-state index contributed by atoms with van der Waals surface area (Å²) in [7, 11) is 0. The van der Waals surface area contributed by atoms with Gasteiger partial charge >= 0.3 is 12.1 Å². The number of anilines is 1. The third kappa shape index (κ3) is 3.38. The average Bonchev–Trinajstić information content (AvgIpc) is 3.06. The molecule has 0 saturated heterocycles. The van der Waals surface area contributed by atoms with Crippen LogP contribution in [0.2, 0.25) is 0 Å². The topological polar surface area (TPSA) is 109 Å². The molecular formula is C14H20N2O5S. The molecule has 1 fully saturated rings. The summed E-state index contributed by atoms with van der Waals surface area (Å²) in [5, 5.41) is 21.8. The maximum Gasteiger partial charge on any atom is 0.413 e. The molecule has 0 bridgehead atoms. The van der Waals surface area contributed by atoms with Gasteiger partial charge in [-0.2, -0.15) is 0 Å². The number of thiazole rings is 1. The highest BCUT2D eigenvalue weighted by Gasteiger charge is 2.55. The fraction of sp³-hybridized carbons (Fsp3) is 0.643. The van der Waals surface area contributed by atoms with Crippen LogP contribution >= 0.6 is 11.3 Å². The van der Waals surface area contributed by atoms with Gasteiger partial charge in [0.2, 0.25) is 0 Å². The Hall–Kier alpha value is -1.67. The summed E-state index contributed by atoms with van der Waals surface area (Å²) in [5.41, 5.74) is -0.772. The van der Waals surface area contributed by atoms with Gasteiger partial charge in [0.05, 0.1) is 5.69 Å². The first-order valence-corrected chi connectivity index (χ1v) is 7.75. The summed E-state index contributed by atoms with van der Waals surface area (Å²) >= 11 is 1.18. The van der Waals surface area contributed by atoms with Crippen LogP contribution in [0.5, 0.6) is 0 Å². The zero-order chi connectivity index (χ0) is 16.7. The molecule has 1 amide bonds. The van der Waals surface area contributed by atoms with Crippen molar-refractivity contribution in [3.8, 4) is 0 Å². The Balaban J connectivity index is 2.16. The third-order valence-electron chi connectivity index (χ3n) is 3.40. The largest absolute Gasteiger partial charge is 0.479 e. The van der Waals surface area contributed by atoms with Gasteiger partial charge in [0.25, 0.3) is 0 Å². The van der Waals surface area contributed by atoms with E-state index in [4.69, 9.17) is 9.84 Å². The maximum atomic E-state index is 11.7. The zero-order valence-electron chi connectivity index (χ0n) is 13.0. The van der Waals surface area contributed by atoms with E-state index in [-0.39, 0.29) is 0 Å². The SMILES string of the molecule is Cc1nc(NC(=O)OC(C)(C)C)sc1C1(C(O)C(=O)O)CC1. The smallest absolute Gasteiger partial charge is 0.413 e. The van der Waals surface area contributed by atoms with E-state index < -0.39 is 29.2 Å². The van der Waals surface area contributed by atoms with E-state index in [0.717, 1.165) is 0 Å². The fourth-order valence-corrected chi connectivity index (χ4v) is 3.52. The predicted octanol–water partition coefficient (Wildman–Crippen LogP) is 2.28. The molecule has 1 aliphatic rings. The first kappa shape index (κ1) is 16.7. The Morgan fingerprint density at radius 3 is 2.45 bits per heavy atom. The van der Waals surface area contributed by atoms with Crippen LogP contribution in [-0.2, 0) is 14.9 Å². The number of aryl methyl sites for hydroxylation is 1. The first-order valence-electron chi connectivity index (χ1n) is 6.94. The van der Waals surface area contributed by atoms with Gasteiger partial charge in [-0.1, -0.05) is 0 Å². The van der Waals surface area contributed by atoms with Crippen LogP contribution in [0.25, 0.3) is 0 Å². The Morgan fingerprint density at radius 2 is 2.00 bits per heavy atom. The van der Waals surface area contributed by atoms with Gasteiger partial charge in [-0.3, -0.25) is 5.32 Å². The summed E-state index contributed by atoms with van der Waals surface area (Å²) in [5.74, 6) is -1.24. The van der Waals surface area contributed by atoms with Crippen molar-refractivity contribution in [1.29, 1.82) is 0 Å². The van der Waals surface area contributed by atoms with E-state index in [9.17, 15) is 14.7 Å². The molecule has 7 nitrogen and oxygen atoms in total. The minimum absolute atomic E-state index is 0.339. The molecule has 1 saturated carbocycles. The summed E-state index contributed by atoms with van der Waals surface area (Å²) in [4.78, 5) is 27.7. The molecule has 1 heterocycles. The van der Waals surface area contributed by atoms with Crippen molar-refractivity contribution >= 4 is 28.5 Å². The number of nitrogens with zero attached hydrogens (tertiary/aromatic N) is 1. The number of nitrogens with one attached hydrogen (secondary N) is 1. The second-order valence-electron chi connectivity index (χ2n) is 6.46. The summed E-state index contributed by atoms with van der Waals surface area (Å²) < 4.78 is 5.15. The van der Waals surface area contributed by atoms with Crippen LogP contribution in [0.3, 0.4) is 0 Å². The van der Waals surface area contributed by atoms with E-state index in [1.807, 2.05) is 0 Å². The molecule has 3 N–H and O–H groups in total. The van der Waals surface area contributed by atoms with Crippen molar-refractivity contribution in [2.24, 2.45) is 0 Å². The number of amides is 1. The number of ether oxygens (including phenoxy) is 1. The Bertz CT molecular complexity index is 601. The Labute approximate surface area is 132 Å². The van der Waals surface area contributed by atoms with Crippen LogP contribution < -0.4 is 5.32 Å². The highest BCUT2D eigenvalue weighted by Crippen LogP contribution is 2.54. The molecule has 8 heteroatoms. The standard InChI is InChI=1S/C14H20N2O5S/c1-7-9(14(5-6-14)8(17)10(18)19)22-11(15-7)16-12(20)21-13(2,3)4/h8,17H,5-6H2,1-4H3,(H,18,19)(H,15,16,20). The third-order valence-corrected chi connectivity index (χ3v) is 4.70. The molecule has 0 aromatic carbocycles. The van der Waals surface area contributed by atoms with E-state index >= 15 is 0 Å². The lowest BCUT2D eigenvalue weighted by molar-refractivity contribution is -0.148. The second-order valence-corrected chi connectivity index (χ2v) is 7.46. The van der Waals surface area contributed by atoms with Crippen LogP contribution in [0.15, 0.2) is 0 Å². The number of aliphatic hydroxyl groups excluding tert-OH is 1. The van der Waals surface area contributed by atoms with Crippen LogP contribution in [0.1, 0.15) is 44.2 Å². The molecule has 1 aromatic heterocycles. The Kier molecular flexibility index (Phi) is 4.18. The first-order chi connectivity index (χ1) is 10.0. The number of aromatic nitrogens is 1. The van der Waals surface area contributed by atoms with E-state index in [1.54, 1.807) is 27.7 Å². The Morgan fingerprint density at radius 1 is 1.41 bits per heavy atom. The monoisotopic (exact) mass is 328 g/mol. The van der Waals surface area contributed by atoms with Crippen molar-refractivity contribution in [3.63, 3.8) is 0 Å². The van der Waals surface area contributed by atoms with Gasteiger partial charge < -0.3 is 14.9 Å². The second kappa shape index (κ2) is 5.51. The highest BCUT2D eigenvalue weighted by molar-refractivity contribution is 7.16. The number of hydrogen-bond acceptors (Lipinski definition) is 6. The highest BCUT2D eigenvalue weighted by atomic mass is 32.1. The number of carbonyl (C=O) groups excluding carboxylic acids is 1. The van der Waals surface area contributed by atoms with Crippen molar-refractivity contribution in [1.82, 2.24) is 4.98 Å². The van der Waals surface area contributed by atoms with E-state index in [0.29, 0.717) is 28.5 Å². The quantitative estimate of drug-likeness (QED) is 0.782. The number of aliphatic hydroxyl groups is 1. The van der Waals surface area contributed by atoms with Gasteiger partial charge in [0.1, 0.15) is 5.60 Å². The van der Waals surface area contributed by atoms with Gasteiger partial charge in [0, 0.05) is 10.3 Å². The zero-order valence-corrected chi connectivity index (χ0v) is 13.8. The lowest BCUT2D eigenvalue weighted by Gasteiger charge is -2.19. The minimum Gasteiger partial charge on any atom is -0.479 e. The number of rotatable bonds is 4. The van der Waals surface area contributed by atoms with E-state index in [2.05, 4.69) is 10.3 Å². The minimum atomic E-state index is -1.46. The van der Waals surface area contributed by atoms with Crippen LogP contribution in [0.4, 0.5) is 9.93 Å². The lowest BCUT2D eigenvalue weighted by atomic mass is 9.96. The maximum absolute atomic E-state index is 11.7. The average molecular weight is 328 g/mol. The molecule has 0 aliphatic heterocycles. The van der Waals surface area contributed by atoms with Gasteiger partial charge in [-0.15, -0.1) is 11.3 Å². The summed E-state index contributed by atoms with van der Waals surface area (Å²) in [6.07, 6.45) is -0.887. The molecule has 1 aromatic rings. The number of carboxylic acids is 1. The molecule has 1 unspecified atom stereocenters.